The Balaban J connectivity index is 1.42. The van der Waals surface area contributed by atoms with Crippen molar-refractivity contribution in [3.8, 4) is 17.1 Å². The van der Waals surface area contributed by atoms with Gasteiger partial charge >= 0.3 is 0 Å². The van der Waals surface area contributed by atoms with Gasteiger partial charge in [-0.3, -0.25) is 9.59 Å². The van der Waals surface area contributed by atoms with Crippen LogP contribution in [0, 0.1) is 12.8 Å². The van der Waals surface area contributed by atoms with Gasteiger partial charge in [0, 0.05) is 37.7 Å². The molecule has 0 radical (unpaired) electrons. The molecule has 0 bridgehead atoms. The van der Waals surface area contributed by atoms with Crippen molar-refractivity contribution in [1.29, 1.82) is 0 Å². The smallest absolute Gasteiger partial charge is 0.227 e. The zero-order valence-corrected chi connectivity index (χ0v) is 16.8. The lowest BCUT2D eigenvalue weighted by atomic mass is 10.1. The van der Waals surface area contributed by atoms with Crippen molar-refractivity contribution in [2.45, 2.75) is 19.9 Å². The van der Waals surface area contributed by atoms with E-state index in [1.165, 1.54) is 0 Å². The first-order valence-electron chi connectivity index (χ1n) is 9.65. The minimum absolute atomic E-state index is 0.0852. The number of aryl methyl sites for hydroxylation is 1. The van der Waals surface area contributed by atoms with Gasteiger partial charge in [-0.25, -0.2) is 0 Å². The number of benzene rings is 2. The van der Waals surface area contributed by atoms with Crippen LogP contribution in [0.2, 0.25) is 0 Å². The SMILES string of the molecule is COc1cccc(CNC(=O)[C@@H]2CC(=O)N(c3cccc(-c4noc(C)n4)c3)C2)c1. The molecule has 8 heteroatoms. The summed E-state index contributed by atoms with van der Waals surface area (Å²) < 4.78 is 10.2. The van der Waals surface area contributed by atoms with Gasteiger partial charge in [0.05, 0.1) is 13.0 Å². The van der Waals surface area contributed by atoms with E-state index in [9.17, 15) is 9.59 Å². The Labute approximate surface area is 173 Å². The number of carbonyl (C=O) groups excluding carboxylic acids is 2. The summed E-state index contributed by atoms with van der Waals surface area (Å²) in [6.07, 6.45) is 0.176. The Morgan fingerprint density at radius 2 is 2.10 bits per heavy atom. The topological polar surface area (TPSA) is 97.6 Å². The molecule has 154 valence electrons. The molecule has 1 saturated heterocycles. The molecule has 1 aliphatic heterocycles. The molecule has 3 aromatic rings. The quantitative estimate of drug-likeness (QED) is 0.676. The summed E-state index contributed by atoms with van der Waals surface area (Å²) in [5.41, 5.74) is 2.40. The lowest BCUT2D eigenvalue weighted by molar-refractivity contribution is -0.126. The van der Waals surface area contributed by atoms with Crippen LogP contribution >= 0.6 is 0 Å². The van der Waals surface area contributed by atoms with Crippen LogP contribution in [0.25, 0.3) is 11.4 Å². The maximum Gasteiger partial charge on any atom is 0.227 e. The van der Waals surface area contributed by atoms with Gasteiger partial charge in [0.2, 0.25) is 23.5 Å². The molecule has 2 heterocycles. The van der Waals surface area contributed by atoms with Gasteiger partial charge in [0.15, 0.2) is 0 Å². The van der Waals surface area contributed by atoms with Gasteiger partial charge in [-0.15, -0.1) is 0 Å². The number of aromatic nitrogens is 2. The molecule has 0 aliphatic carbocycles. The first-order valence-corrected chi connectivity index (χ1v) is 9.65. The molecule has 2 aromatic carbocycles. The number of methoxy groups -OCH3 is 1. The van der Waals surface area contributed by atoms with E-state index in [0.29, 0.717) is 30.5 Å². The number of anilines is 1. The number of hydrogen-bond acceptors (Lipinski definition) is 6. The highest BCUT2D eigenvalue weighted by Crippen LogP contribution is 2.28. The van der Waals surface area contributed by atoms with Crippen molar-refractivity contribution in [3.05, 3.63) is 60.0 Å². The second-order valence-corrected chi connectivity index (χ2v) is 7.16. The Morgan fingerprint density at radius 3 is 2.87 bits per heavy atom. The van der Waals surface area contributed by atoms with E-state index < -0.39 is 5.92 Å². The summed E-state index contributed by atoms with van der Waals surface area (Å²) in [6, 6.07) is 14.9. The summed E-state index contributed by atoms with van der Waals surface area (Å²) in [5, 5.41) is 6.84. The van der Waals surface area contributed by atoms with Crippen LogP contribution in [0.15, 0.2) is 53.1 Å². The average molecular weight is 406 g/mol. The standard InChI is InChI=1S/C22H22N4O4/c1-14-24-21(25-30-14)16-6-4-7-18(10-16)26-13-17(11-20(26)27)22(28)23-12-15-5-3-8-19(9-15)29-2/h3-10,17H,11-13H2,1-2H3,(H,23,28)/t17-/m1/s1. The van der Waals surface area contributed by atoms with Crippen LogP contribution < -0.4 is 15.0 Å². The van der Waals surface area contributed by atoms with Crippen molar-refractivity contribution in [2.75, 3.05) is 18.6 Å². The molecule has 4 rings (SSSR count). The van der Waals surface area contributed by atoms with Gasteiger partial charge in [-0.2, -0.15) is 4.98 Å². The number of ether oxygens (including phenoxy) is 1. The largest absolute Gasteiger partial charge is 0.497 e. The predicted molar refractivity (Wildman–Crippen MR) is 110 cm³/mol. The van der Waals surface area contributed by atoms with Crippen molar-refractivity contribution < 1.29 is 18.8 Å². The van der Waals surface area contributed by atoms with E-state index in [-0.39, 0.29) is 18.2 Å². The minimum atomic E-state index is -0.404. The fraction of sp³-hybridized carbons (Fsp3) is 0.273. The van der Waals surface area contributed by atoms with E-state index >= 15 is 0 Å². The summed E-state index contributed by atoms with van der Waals surface area (Å²) in [7, 11) is 1.60. The number of carbonyl (C=O) groups is 2. The van der Waals surface area contributed by atoms with Crippen LogP contribution in [0.3, 0.4) is 0 Å². The van der Waals surface area contributed by atoms with Crippen molar-refractivity contribution in [3.63, 3.8) is 0 Å². The third kappa shape index (κ3) is 4.17. The van der Waals surface area contributed by atoms with Gasteiger partial charge in [0.25, 0.3) is 0 Å². The summed E-state index contributed by atoms with van der Waals surface area (Å²) in [6.45, 7) is 2.43. The fourth-order valence-electron chi connectivity index (χ4n) is 3.48. The molecule has 0 unspecified atom stereocenters. The lowest BCUT2D eigenvalue weighted by Crippen LogP contribution is -2.32. The Kier molecular flexibility index (Phi) is 5.47. The lowest BCUT2D eigenvalue weighted by Gasteiger charge is -2.17. The summed E-state index contributed by atoms with van der Waals surface area (Å²) in [4.78, 5) is 31.1. The van der Waals surface area contributed by atoms with Crippen LogP contribution in [0.5, 0.6) is 5.75 Å². The van der Waals surface area contributed by atoms with Gasteiger partial charge in [-0.1, -0.05) is 29.4 Å². The molecule has 1 aromatic heterocycles. The van der Waals surface area contributed by atoms with Crippen LogP contribution in [0.1, 0.15) is 17.9 Å². The number of nitrogens with zero attached hydrogens (tertiary/aromatic N) is 3. The molecular weight excluding hydrogens is 384 g/mol. The Hall–Kier alpha value is -3.68. The van der Waals surface area contributed by atoms with E-state index in [1.807, 2.05) is 48.5 Å². The highest BCUT2D eigenvalue weighted by Gasteiger charge is 2.35. The number of rotatable bonds is 6. The highest BCUT2D eigenvalue weighted by atomic mass is 16.5. The Bertz CT molecular complexity index is 1080. The molecule has 0 spiro atoms. The molecule has 30 heavy (non-hydrogen) atoms. The number of nitrogens with one attached hydrogen (secondary N) is 1. The zero-order valence-electron chi connectivity index (χ0n) is 16.8. The van der Waals surface area contributed by atoms with Crippen molar-refractivity contribution >= 4 is 17.5 Å². The van der Waals surface area contributed by atoms with Crippen LogP contribution in [-0.2, 0) is 16.1 Å². The molecule has 2 amide bonds. The Morgan fingerprint density at radius 1 is 1.27 bits per heavy atom. The molecular formula is C22H22N4O4. The average Bonchev–Trinajstić information content (AvgIpc) is 3.38. The molecule has 1 N–H and O–H groups in total. The monoisotopic (exact) mass is 406 g/mol. The van der Waals surface area contributed by atoms with Gasteiger partial charge < -0.3 is 19.5 Å². The first kappa shape index (κ1) is 19.6. The normalized spacial score (nSPS) is 16.0. The zero-order chi connectivity index (χ0) is 21.1. The van der Waals surface area contributed by atoms with Gasteiger partial charge in [-0.05, 0) is 29.8 Å². The van der Waals surface area contributed by atoms with Crippen molar-refractivity contribution in [2.24, 2.45) is 5.92 Å². The third-order valence-electron chi connectivity index (χ3n) is 5.04. The van der Waals surface area contributed by atoms with Crippen molar-refractivity contribution in [1.82, 2.24) is 15.5 Å². The van der Waals surface area contributed by atoms with E-state index in [2.05, 4.69) is 15.5 Å². The molecule has 0 saturated carbocycles. The molecule has 1 atom stereocenters. The summed E-state index contributed by atoms with van der Waals surface area (Å²) >= 11 is 0. The minimum Gasteiger partial charge on any atom is -0.497 e. The first-order chi connectivity index (χ1) is 14.5. The van der Waals surface area contributed by atoms with Gasteiger partial charge in [0.1, 0.15) is 5.75 Å². The maximum atomic E-state index is 12.6. The molecule has 1 fully saturated rings. The van der Waals surface area contributed by atoms with Crippen LogP contribution in [0.4, 0.5) is 5.69 Å². The second kappa shape index (κ2) is 8.36. The summed E-state index contributed by atoms with van der Waals surface area (Å²) in [5.74, 6) is 1.05. The fourth-order valence-corrected chi connectivity index (χ4v) is 3.48. The molecule has 8 nitrogen and oxygen atoms in total. The van der Waals surface area contributed by atoms with E-state index in [1.54, 1.807) is 18.9 Å². The second-order valence-electron chi connectivity index (χ2n) is 7.16. The highest BCUT2D eigenvalue weighted by molar-refractivity contribution is 6.00. The number of amides is 2. The van der Waals surface area contributed by atoms with E-state index in [0.717, 1.165) is 16.9 Å². The molecule has 1 aliphatic rings. The maximum absolute atomic E-state index is 12.6. The van der Waals surface area contributed by atoms with Crippen LogP contribution in [-0.4, -0.2) is 35.6 Å². The predicted octanol–water partition coefficient (Wildman–Crippen LogP) is 2.72. The number of hydrogen-bond donors (Lipinski definition) is 1. The third-order valence-corrected chi connectivity index (χ3v) is 5.04. The van der Waals surface area contributed by atoms with E-state index in [4.69, 9.17) is 9.26 Å².